The molecule has 1 aromatic rings. The van der Waals surface area contributed by atoms with Gasteiger partial charge < -0.3 is 9.94 Å². The van der Waals surface area contributed by atoms with Crippen molar-refractivity contribution in [2.75, 3.05) is 0 Å². The summed E-state index contributed by atoms with van der Waals surface area (Å²) in [6.07, 6.45) is 15.4. The highest BCUT2D eigenvalue weighted by Crippen LogP contribution is 2.77. The van der Waals surface area contributed by atoms with Gasteiger partial charge in [-0.3, -0.25) is 0 Å². The van der Waals surface area contributed by atoms with Crippen LogP contribution < -0.4 is 0 Å². The summed E-state index contributed by atoms with van der Waals surface area (Å²) in [5.74, 6) is 2.73. The molecule has 0 spiro atoms. The van der Waals surface area contributed by atoms with Gasteiger partial charge in [-0.1, -0.05) is 65.0 Å². The van der Waals surface area contributed by atoms with Gasteiger partial charge in [-0.05, 0) is 160 Å². The van der Waals surface area contributed by atoms with Crippen LogP contribution in [0.15, 0.2) is 47.6 Å². The molecule has 0 aliphatic heterocycles. The van der Waals surface area contributed by atoms with E-state index in [9.17, 15) is 10.0 Å². The molecule has 45 heavy (non-hydrogen) atoms. The van der Waals surface area contributed by atoms with E-state index < -0.39 is 5.60 Å². The minimum atomic E-state index is -0.502. The number of oxime groups is 1. The first-order valence-electron chi connectivity index (χ1n) is 17.8. The second-order valence-electron chi connectivity index (χ2n) is 18.3. The number of ether oxygens (including phenoxy) is 1. The summed E-state index contributed by atoms with van der Waals surface area (Å²) in [5.41, 5.74) is 4.96. The maximum atomic E-state index is 12.7. The molecule has 0 aromatic heterocycles. The van der Waals surface area contributed by atoms with Crippen molar-refractivity contribution in [2.45, 2.75) is 126 Å². The van der Waals surface area contributed by atoms with Gasteiger partial charge in [0.2, 0.25) is 0 Å². The topological polar surface area (TPSA) is 58.9 Å². The molecule has 0 unspecified atom stereocenters. The summed E-state index contributed by atoms with van der Waals surface area (Å²) in [7, 11) is 0. The molecule has 0 bridgehead atoms. The summed E-state index contributed by atoms with van der Waals surface area (Å²) >= 11 is 0. The Labute approximate surface area is 273 Å². The van der Waals surface area contributed by atoms with Crippen LogP contribution in [0.4, 0.5) is 0 Å². The maximum Gasteiger partial charge on any atom is 0.338 e. The van der Waals surface area contributed by atoms with E-state index in [1.54, 1.807) is 0 Å². The number of carbonyl (C=O) groups is 1. The molecule has 246 valence electrons. The fraction of sp³-hybridized carbons (Fsp3) is 0.707. The van der Waals surface area contributed by atoms with Crippen molar-refractivity contribution in [3.05, 3.63) is 53.6 Å². The minimum Gasteiger partial charge on any atom is -0.456 e. The number of hydrogen-bond acceptors (Lipinski definition) is 4. The number of carbonyl (C=O) groups excluding carboxylic acids is 1. The first-order valence-corrected chi connectivity index (χ1v) is 17.8. The van der Waals surface area contributed by atoms with Crippen LogP contribution in [0.2, 0.25) is 0 Å². The average Bonchev–Trinajstić information content (AvgIpc) is 3.32. The zero-order valence-electron chi connectivity index (χ0n) is 29.6. The molecule has 0 amide bonds. The molecule has 1 aromatic carbocycles. The van der Waals surface area contributed by atoms with E-state index >= 15 is 0 Å². The Morgan fingerprint density at radius 2 is 1.62 bits per heavy atom. The van der Waals surface area contributed by atoms with Gasteiger partial charge >= 0.3 is 5.97 Å². The van der Waals surface area contributed by atoms with Crippen LogP contribution >= 0.6 is 0 Å². The number of allylic oxidation sites excluding steroid dienone is 3. The maximum absolute atomic E-state index is 12.7. The van der Waals surface area contributed by atoms with E-state index in [1.165, 1.54) is 55.2 Å². The predicted octanol–water partition coefficient (Wildman–Crippen LogP) is 10.8. The Bertz CT molecular complexity index is 1410. The van der Waals surface area contributed by atoms with Crippen molar-refractivity contribution in [3.63, 3.8) is 0 Å². The van der Waals surface area contributed by atoms with Gasteiger partial charge in [-0.2, -0.15) is 0 Å². The molecule has 4 nitrogen and oxygen atoms in total. The molecule has 4 fully saturated rings. The van der Waals surface area contributed by atoms with Crippen molar-refractivity contribution in [2.24, 2.45) is 61.8 Å². The average molecular weight is 614 g/mol. The Hall–Kier alpha value is -2.36. The highest BCUT2D eigenvalue weighted by atomic mass is 16.6. The summed E-state index contributed by atoms with van der Waals surface area (Å²) < 4.78 is 5.62. The van der Waals surface area contributed by atoms with Crippen LogP contribution in [0, 0.1) is 56.7 Å². The Balaban J connectivity index is 1.31. The molecular weight excluding hydrogens is 554 g/mol. The first kappa shape index (κ1) is 32.6. The highest BCUT2D eigenvalue weighted by molar-refractivity contribution is 5.90. The Kier molecular flexibility index (Phi) is 7.66. The van der Waals surface area contributed by atoms with Crippen LogP contribution in [0.3, 0.4) is 0 Å². The quantitative estimate of drug-likeness (QED) is 0.121. The predicted molar refractivity (Wildman–Crippen MR) is 184 cm³/mol. The summed E-state index contributed by atoms with van der Waals surface area (Å²) in [5, 5.41) is 13.5. The van der Waals surface area contributed by atoms with E-state index in [2.05, 4.69) is 71.5 Å². The second-order valence-corrected chi connectivity index (χ2v) is 18.3. The SMILES string of the molecule is C=C(C)[C@@H]1CC[C@]2(C=NO)CC[C@]3(C)[C@H](CC[C@@H]4[C@@]5(C)CC=C(c6ccc(C(=O)OC(C)(C)C)cc6)C(C)(C)[C@@H]5CC[C@]43C)[C@@H]12. The lowest BCUT2D eigenvalue weighted by atomic mass is 9.32. The van der Waals surface area contributed by atoms with Crippen LogP contribution in [0.25, 0.3) is 5.57 Å². The van der Waals surface area contributed by atoms with Gasteiger partial charge in [0.1, 0.15) is 5.60 Å². The zero-order chi connectivity index (χ0) is 32.8. The zero-order valence-corrected chi connectivity index (χ0v) is 29.6. The van der Waals surface area contributed by atoms with Crippen molar-refractivity contribution >= 4 is 17.8 Å². The lowest BCUT2D eigenvalue weighted by molar-refractivity contribution is -0.219. The largest absolute Gasteiger partial charge is 0.456 e. The molecule has 5 aliphatic rings. The second kappa shape index (κ2) is 10.6. The van der Waals surface area contributed by atoms with E-state index in [0.29, 0.717) is 35.2 Å². The summed E-state index contributed by atoms with van der Waals surface area (Å²) in [6.45, 7) is 25.4. The number of nitrogens with zero attached hydrogens (tertiary/aromatic N) is 1. The van der Waals surface area contributed by atoms with E-state index in [1.807, 2.05) is 39.1 Å². The van der Waals surface area contributed by atoms with Crippen LogP contribution in [0.5, 0.6) is 0 Å². The third kappa shape index (κ3) is 4.73. The van der Waals surface area contributed by atoms with E-state index in [4.69, 9.17) is 4.74 Å². The number of fused-ring (bicyclic) bond motifs is 7. The molecule has 6 rings (SSSR count). The van der Waals surface area contributed by atoms with Gasteiger partial charge in [0.25, 0.3) is 0 Å². The monoisotopic (exact) mass is 613 g/mol. The third-order valence-corrected chi connectivity index (χ3v) is 14.9. The summed E-state index contributed by atoms with van der Waals surface area (Å²) in [6, 6.07) is 8.16. The van der Waals surface area contributed by atoms with Crippen LogP contribution in [0.1, 0.15) is 136 Å². The van der Waals surface area contributed by atoms with Crippen molar-refractivity contribution in [1.82, 2.24) is 0 Å². The van der Waals surface area contributed by atoms with E-state index in [0.717, 1.165) is 19.3 Å². The first-order chi connectivity index (χ1) is 20.9. The molecule has 0 heterocycles. The van der Waals surface area contributed by atoms with Crippen molar-refractivity contribution < 1.29 is 14.7 Å². The molecule has 0 radical (unpaired) electrons. The van der Waals surface area contributed by atoms with Gasteiger partial charge in [0, 0.05) is 5.41 Å². The standard InChI is InChI=1S/C41H59NO3/c1-26(2)29-17-22-41(25-42-44)24-23-39(9)31(34(29)41)15-16-33-38(8)20-18-30(37(6,7)32(38)19-21-40(33,39)10)27-11-13-28(14-12-27)35(43)45-36(3,4)5/h11-14,18,25,29,31-34,44H,1,15-17,19-24H2,2-10H3/t29-,31+,32-,33+,34+,38-,39+,40+,41+/m0/s1. The third-order valence-electron chi connectivity index (χ3n) is 14.9. The molecule has 4 saturated carbocycles. The van der Waals surface area contributed by atoms with Gasteiger partial charge in [-0.25, -0.2) is 4.79 Å². The van der Waals surface area contributed by atoms with E-state index in [-0.39, 0.29) is 33.0 Å². The fourth-order valence-electron chi connectivity index (χ4n) is 12.8. The molecule has 4 heteroatoms. The lowest BCUT2D eigenvalue weighted by Crippen LogP contribution is -2.65. The molecule has 9 atom stereocenters. The number of rotatable bonds is 4. The van der Waals surface area contributed by atoms with Crippen molar-refractivity contribution in [1.29, 1.82) is 0 Å². The normalized spacial score (nSPS) is 42.2. The molecule has 5 aliphatic carbocycles. The van der Waals surface area contributed by atoms with Crippen LogP contribution in [-0.2, 0) is 4.74 Å². The van der Waals surface area contributed by atoms with Crippen molar-refractivity contribution in [3.8, 4) is 0 Å². The van der Waals surface area contributed by atoms with Gasteiger partial charge in [-0.15, -0.1) is 5.16 Å². The smallest absolute Gasteiger partial charge is 0.338 e. The van der Waals surface area contributed by atoms with Gasteiger partial charge in [0.15, 0.2) is 0 Å². The number of benzene rings is 1. The molecule has 0 saturated heterocycles. The highest BCUT2D eigenvalue weighted by Gasteiger charge is 2.70. The number of esters is 1. The molecular formula is C41H59NO3. The lowest BCUT2D eigenvalue weighted by Gasteiger charge is -2.72. The molecule has 1 N–H and O–H groups in total. The van der Waals surface area contributed by atoms with Gasteiger partial charge in [0.05, 0.1) is 11.8 Å². The Morgan fingerprint density at radius 1 is 0.933 bits per heavy atom. The summed E-state index contributed by atoms with van der Waals surface area (Å²) in [4.78, 5) is 12.7. The van der Waals surface area contributed by atoms with Crippen LogP contribution in [-0.4, -0.2) is 23.0 Å². The Morgan fingerprint density at radius 3 is 2.24 bits per heavy atom. The minimum absolute atomic E-state index is 0.0242. The fourth-order valence-corrected chi connectivity index (χ4v) is 12.8. The number of hydrogen-bond donors (Lipinski definition) is 1.